The Hall–Kier alpha value is -2.51. The minimum absolute atomic E-state index is 0.0459. The minimum atomic E-state index is -1.47. The van der Waals surface area contributed by atoms with E-state index in [1.165, 1.54) is 0 Å². The summed E-state index contributed by atoms with van der Waals surface area (Å²) in [6.07, 6.45) is 1.24. The predicted molar refractivity (Wildman–Crippen MR) is 114 cm³/mol. The van der Waals surface area contributed by atoms with E-state index in [2.05, 4.69) is 4.98 Å². The Labute approximate surface area is 179 Å². The summed E-state index contributed by atoms with van der Waals surface area (Å²) in [7, 11) is 1.63. The number of aromatic nitrogens is 1. The molecule has 0 spiro atoms. The minimum Gasteiger partial charge on any atom is -0.506 e. The van der Waals surface area contributed by atoms with Gasteiger partial charge in [-0.3, -0.25) is 4.79 Å². The van der Waals surface area contributed by atoms with Gasteiger partial charge in [0.25, 0.3) is 5.56 Å². The molecule has 7 nitrogen and oxygen atoms in total. The number of halogens is 1. The Bertz CT molecular complexity index is 1040. The molecule has 0 aliphatic heterocycles. The molecule has 1 heterocycles. The summed E-state index contributed by atoms with van der Waals surface area (Å²) in [5, 5.41) is 20.6. The summed E-state index contributed by atoms with van der Waals surface area (Å²) >= 11 is 6.43. The molecule has 3 N–H and O–H groups in total. The van der Waals surface area contributed by atoms with Crippen molar-refractivity contribution < 1.29 is 24.5 Å². The third-order valence-electron chi connectivity index (χ3n) is 5.98. The van der Waals surface area contributed by atoms with Crippen LogP contribution in [0.5, 0.6) is 11.5 Å². The van der Waals surface area contributed by atoms with Crippen LogP contribution in [0.25, 0.3) is 11.3 Å². The van der Waals surface area contributed by atoms with Gasteiger partial charge < -0.3 is 24.7 Å². The summed E-state index contributed by atoms with van der Waals surface area (Å²) in [6, 6.07) is 3.55. The third kappa shape index (κ3) is 3.68. The smallest absolute Gasteiger partial charge is 0.345 e. The molecule has 8 heteroatoms. The molecule has 30 heavy (non-hydrogen) atoms. The molecule has 0 fully saturated rings. The van der Waals surface area contributed by atoms with E-state index in [1.807, 2.05) is 26.8 Å². The molecule has 0 bridgehead atoms. The fraction of sp³-hybridized carbons (Fsp3) is 0.455. The highest BCUT2D eigenvalue weighted by Gasteiger charge is 2.42. The summed E-state index contributed by atoms with van der Waals surface area (Å²) < 4.78 is 10.8. The number of methoxy groups -OCH3 is 1. The number of aromatic carboxylic acids is 1. The molecule has 1 aliphatic carbocycles. The predicted octanol–water partition coefficient (Wildman–Crippen LogP) is 3.98. The van der Waals surface area contributed by atoms with Crippen LogP contribution in [0.3, 0.4) is 0 Å². The topological polar surface area (TPSA) is 109 Å². The highest BCUT2D eigenvalue weighted by molar-refractivity contribution is 6.32. The Kier molecular flexibility index (Phi) is 6.15. The number of hydrogen-bond acceptors (Lipinski definition) is 5. The lowest BCUT2D eigenvalue weighted by Gasteiger charge is -2.40. The second-order valence-electron chi connectivity index (χ2n) is 8.12. The number of nitrogens with one attached hydrogen (secondary N) is 1. The Balaban J connectivity index is 2.20. The lowest BCUT2D eigenvalue weighted by atomic mass is 9.64. The van der Waals surface area contributed by atoms with Gasteiger partial charge >= 0.3 is 5.97 Å². The Morgan fingerprint density at radius 2 is 2.03 bits per heavy atom. The zero-order valence-corrected chi connectivity index (χ0v) is 18.2. The Morgan fingerprint density at radius 3 is 2.63 bits per heavy atom. The lowest BCUT2D eigenvalue weighted by molar-refractivity contribution is 0.0691. The van der Waals surface area contributed by atoms with Gasteiger partial charge in [-0.05, 0) is 30.0 Å². The number of benzene rings is 1. The summed E-state index contributed by atoms with van der Waals surface area (Å²) in [5.41, 5.74) is 0.272. The SMILES string of the molecule is COCCCOc1cc2c(cc1Cl)-c1[nH]c(=O)c(C(=O)O)c(O)c1C(C)(C(C)C)C2. The number of H-pyrrole nitrogens is 1. The number of hydrogen-bond donors (Lipinski definition) is 3. The van der Waals surface area contributed by atoms with Crippen molar-refractivity contribution >= 4 is 17.6 Å². The third-order valence-corrected chi connectivity index (χ3v) is 6.28. The van der Waals surface area contributed by atoms with Crippen molar-refractivity contribution in [3.8, 4) is 22.8 Å². The monoisotopic (exact) mass is 435 g/mol. The first-order valence-corrected chi connectivity index (χ1v) is 10.2. The van der Waals surface area contributed by atoms with Gasteiger partial charge in [0.05, 0.1) is 17.3 Å². The van der Waals surface area contributed by atoms with E-state index in [9.17, 15) is 19.8 Å². The van der Waals surface area contributed by atoms with Crippen molar-refractivity contribution in [1.82, 2.24) is 4.98 Å². The summed E-state index contributed by atoms with van der Waals surface area (Å²) in [4.78, 5) is 26.7. The maximum Gasteiger partial charge on any atom is 0.345 e. The van der Waals surface area contributed by atoms with Crippen molar-refractivity contribution in [3.05, 3.63) is 44.2 Å². The quantitative estimate of drug-likeness (QED) is 0.567. The zero-order valence-electron chi connectivity index (χ0n) is 17.5. The van der Waals surface area contributed by atoms with Crippen molar-refractivity contribution in [3.63, 3.8) is 0 Å². The van der Waals surface area contributed by atoms with E-state index in [0.29, 0.717) is 47.2 Å². The van der Waals surface area contributed by atoms with Crippen LogP contribution < -0.4 is 10.3 Å². The van der Waals surface area contributed by atoms with Crippen LogP contribution in [-0.4, -0.2) is 41.5 Å². The number of ether oxygens (including phenoxy) is 2. The number of carbonyl (C=O) groups is 1. The molecule has 1 unspecified atom stereocenters. The standard InChI is InChI=1S/C22H26ClNO6/c1-11(2)22(3)10-12-8-15(30-7-5-6-29-4)14(23)9-13(12)18-17(22)19(25)16(21(27)28)20(26)24-18/h8-9,11H,5-7,10H2,1-4H3,(H,27,28)(H2,24,25,26). The fourth-order valence-electron chi connectivity index (χ4n) is 3.99. The van der Waals surface area contributed by atoms with Crippen molar-refractivity contribution in [1.29, 1.82) is 0 Å². The first kappa shape index (κ1) is 22.2. The van der Waals surface area contributed by atoms with Crippen LogP contribution in [0.4, 0.5) is 0 Å². The number of pyridine rings is 1. The molecular formula is C22H26ClNO6. The lowest BCUT2D eigenvalue weighted by Crippen LogP contribution is -2.37. The molecule has 1 atom stereocenters. The van der Waals surface area contributed by atoms with Crippen LogP contribution in [-0.2, 0) is 16.6 Å². The molecular weight excluding hydrogens is 410 g/mol. The van der Waals surface area contributed by atoms with Gasteiger partial charge in [-0.2, -0.15) is 0 Å². The zero-order chi connectivity index (χ0) is 22.2. The van der Waals surface area contributed by atoms with E-state index in [0.717, 1.165) is 12.0 Å². The number of rotatable bonds is 7. The largest absolute Gasteiger partial charge is 0.506 e. The van der Waals surface area contributed by atoms with Gasteiger partial charge in [0.2, 0.25) is 0 Å². The normalized spacial score (nSPS) is 17.5. The Morgan fingerprint density at radius 1 is 1.33 bits per heavy atom. The average molecular weight is 436 g/mol. The molecule has 0 amide bonds. The molecule has 0 saturated heterocycles. The molecule has 1 aliphatic rings. The molecule has 3 rings (SSSR count). The molecule has 2 aromatic rings. The van der Waals surface area contributed by atoms with E-state index < -0.39 is 28.3 Å². The first-order chi connectivity index (χ1) is 14.1. The summed E-state index contributed by atoms with van der Waals surface area (Å²) in [5.74, 6) is -1.37. The number of aromatic amines is 1. The van der Waals surface area contributed by atoms with Gasteiger partial charge in [0, 0.05) is 36.7 Å². The molecule has 162 valence electrons. The summed E-state index contributed by atoms with van der Waals surface area (Å²) in [6.45, 7) is 6.98. The first-order valence-electron chi connectivity index (χ1n) is 9.79. The molecule has 1 aromatic carbocycles. The van der Waals surface area contributed by atoms with Crippen LogP contribution in [0, 0.1) is 5.92 Å². The van der Waals surface area contributed by atoms with Gasteiger partial charge in [-0.25, -0.2) is 4.79 Å². The van der Waals surface area contributed by atoms with E-state index >= 15 is 0 Å². The van der Waals surface area contributed by atoms with Gasteiger partial charge in [0.15, 0.2) is 5.56 Å². The molecule has 1 aromatic heterocycles. The second-order valence-corrected chi connectivity index (χ2v) is 8.52. The van der Waals surface area contributed by atoms with Gasteiger partial charge in [-0.1, -0.05) is 32.4 Å². The van der Waals surface area contributed by atoms with Crippen LogP contribution >= 0.6 is 11.6 Å². The second kappa shape index (κ2) is 8.32. The van der Waals surface area contributed by atoms with Gasteiger partial charge in [0.1, 0.15) is 11.5 Å². The maximum absolute atomic E-state index is 12.4. The van der Waals surface area contributed by atoms with Crippen LogP contribution in [0.1, 0.15) is 48.7 Å². The maximum atomic E-state index is 12.4. The number of fused-ring (bicyclic) bond motifs is 3. The number of aromatic hydroxyl groups is 1. The van der Waals surface area contributed by atoms with Crippen molar-refractivity contribution in [2.24, 2.45) is 5.92 Å². The number of carboxylic acids is 1. The average Bonchev–Trinajstić information content (AvgIpc) is 2.65. The molecule has 0 radical (unpaired) electrons. The van der Waals surface area contributed by atoms with Gasteiger partial charge in [-0.15, -0.1) is 0 Å². The van der Waals surface area contributed by atoms with E-state index in [4.69, 9.17) is 21.1 Å². The highest BCUT2D eigenvalue weighted by Crippen LogP contribution is 2.51. The van der Waals surface area contributed by atoms with Crippen LogP contribution in [0.15, 0.2) is 16.9 Å². The van der Waals surface area contributed by atoms with Crippen LogP contribution in [0.2, 0.25) is 5.02 Å². The van der Waals surface area contributed by atoms with E-state index in [-0.39, 0.29) is 5.92 Å². The van der Waals surface area contributed by atoms with E-state index in [1.54, 1.807) is 13.2 Å². The van der Waals surface area contributed by atoms with Crippen molar-refractivity contribution in [2.75, 3.05) is 20.3 Å². The highest BCUT2D eigenvalue weighted by atomic mass is 35.5. The number of carboxylic acid groups (broad SMARTS) is 1. The fourth-order valence-corrected chi connectivity index (χ4v) is 4.21. The molecule has 0 saturated carbocycles. The van der Waals surface area contributed by atoms with Crippen molar-refractivity contribution in [2.45, 2.75) is 39.0 Å².